The number of hydrogen-bond acceptors (Lipinski definition) is 3. The molecule has 1 aromatic heterocycles. The van der Waals surface area contributed by atoms with Gasteiger partial charge in [-0.15, -0.1) is 0 Å². The highest BCUT2D eigenvalue weighted by Gasteiger charge is 2.17. The van der Waals surface area contributed by atoms with E-state index in [1.165, 1.54) is 40.2 Å². The van der Waals surface area contributed by atoms with Gasteiger partial charge in [-0.3, -0.25) is 9.69 Å². The van der Waals surface area contributed by atoms with Crippen LogP contribution >= 0.6 is 0 Å². The summed E-state index contributed by atoms with van der Waals surface area (Å²) < 4.78 is 7.86. The molecule has 0 radical (unpaired) electrons. The van der Waals surface area contributed by atoms with E-state index in [-0.39, 0.29) is 0 Å². The largest absolute Gasteiger partial charge is 0.379 e. The Kier molecular flexibility index (Phi) is 9.00. The third kappa shape index (κ3) is 6.00. The highest BCUT2D eigenvalue weighted by molar-refractivity contribution is 6.08. The number of carbonyl (C=O) groups is 1. The van der Waals surface area contributed by atoms with E-state index in [9.17, 15) is 4.79 Å². The smallest absolute Gasteiger partial charge is 0.222 e. The van der Waals surface area contributed by atoms with Crippen LogP contribution in [0.5, 0.6) is 0 Å². The number of para-hydroxylation sites is 1. The molecule has 0 aliphatic carbocycles. The third-order valence-corrected chi connectivity index (χ3v) is 7.13. The molecule has 1 aliphatic rings. The Balaban J connectivity index is 1.49. The van der Waals surface area contributed by atoms with Crippen molar-refractivity contribution in [3.8, 4) is 0 Å². The van der Waals surface area contributed by atoms with E-state index in [4.69, 9.17) is 4.74 Å². The molecule has 1 amide bonds. The van der Waals surface area contributed by atoms with Gasteiger partial charge in [-0.25, -0.2) is 0 Å². The second-order valence-corrected chi connectivity index (χ2v) is 9.55. The van der Waals surface area contributed by atoms with Crippen molar-refractivity contribution >= 4 is 27.7 Å². The second kappa shape index (κ2) is 12.4. The molecule has 2 heterocycles. The number of benzene rings is 2. The Labute approximate surface area is 204 Å². The fourth-order valence-corrected chi connectivity index (χ4v) is 5.22. The van der Waals surface area contributed by atoms with Crippen molar-refractivity contribution in [3.63, 3.8) is 0 Å². The van der Waals surface area contributed by atoms with Crippen molar-refractivity contribution in [2.75, 3.05) is 39.4 Å². The summed E-state index contributed by atoms with van der Waals surface area (Å²) in [5.74, 6) is 0.300. The minimum Gasteiger partial charge on any atom is -0.379 e. The molecule has 2 aromatic carbocycles. The summed E-state index contributed by atoms with van der Waals surface area (Å²) >= 11 is 0. The number of hydrogen-bond donors (Lipinski definition) is 0. The van der Waals surface area contributed by atoms with E-state index in [1.54, 1.807) is 0 Å². The summed E-state index contributed by atoms with van der Waals surface area (Å²) in [5.41, 5.74) is 3.78. The molecule has 1 aliphatic heterocycles. The summed E-state index contributed by atoms with van der Waals surface area (Å²) in [6.45, 7) is 11.6. The van der Waals surface area contributed by atoms with Gasteiger partial charge in [0.15, 0.2) is 0 Å². The molecular formula is C29H41N3O2. The second-order valence-electron chi connectivity index (χ2n) is 9.55. The number of rotatable bonds is 12. The first-order valence-corrected chi connectivity index (χ1v) is 13.3. The van der Waals surface area contributed by atoms with Gasteiger partial charge in [-0.05, 0) is 43.5 Å². The van der Waals surface area contributed by atoms with E-state index in [0.29, 0.717) is 18.9 Å². The standard InChI is InChI=1S/C29H41N3O2/c1-3-5-6-7-13-29(33)31(17-10-16-30-18-20-34-21-19-30)23-24-14-15-28-26(22-24)25-11-8-9-12-27(25)32(28)4-2/h8-9,11-12,14-15,22H,3-7,10,13,16-21,23H2,1-2H3. The number of morpholine rings is 1. The monoisotopic (exact) mass is 463 g/mol. The Morgan fingerprint density at radius 2 is 1.74 bits per heavy atom. The lowest BCUT2D eigenvalue weighted by molar-refractivity contribution is -0.132. The van der Waals surface area contributed by atoms with E-state index in [1.807, 2.05) is 0 Å². The van der Waals surface area contributed by atoms with Crippen LogP contribution in [0.15, 0.2) is 42.5 Å². The number of aromatic nitrogens is 1. The molecule has 4 rings (SSSR count). The van der Waals surface area contributed by atoms with Crippen LogP contribution in [-0.2, 0) is 22.6 Å². The zero-order chi connectivity index (χ0) is 23.8. The average Bonchev–Trinajstić information content (AvgIpc) is 3.19. The van der Waals surface area contributed by atoms with Crippen LogP contribution in [0.25, 0.3) is 21.8 Å². The summed E-state index contributed by atoms with van der Waals surface area (Å²) in [6.07, 6.45) is 6.22. The number of nitrogens with zero attached hydrogens (tertiary/aromatic N) is 3. The molecule has 184 valence electrons. The number of aryl methyl sites for hydroxylation is 1. The Hall–Kier alpha value is -2.37. The molecule has 0 spiro atoms. The zero-order valence-corrected chi connectivity index (χ0v) is 21.1. The molecule has 5 heteroatoms. The van der Waals surface area contributed by atoms with Crippen LogP contribution < -0.4 is 0 Å². The van der Waals surface area contributed by atoms with E-state index < -0.39 is 0 Å². The number of unbranched alkanes of at least 4 members (excludes halogenated alkanes) is 3. The fraction of sp³-hybridized carbons (Fsp3) is 0.552. The summed E-state index contributed by atoms with van der Waals surface area (Å²) in [6, 6.07) is 15.4. The maximum atomic E-state index is 13.2. The molecular weight excluding hydrogens is 422 g/mol. The lowest BCUT2D eigenvalue weighted by Gasteiger charge is -2.28. The highest BCUT2D eigenvalue weighted by atomic mass is 16.5. The molecule has 0 N–H and O–H groups in total. The normalized spacial score (nSPS) is 14.8. The molecule has 0 saturated carbocycles. The highest BCUT2D eigenvalue weighted by Crippen LogP contribution is 2.30. The summed E-state index contributed by atoms with van der Waals surface area (Å²) in [7, 11) is 0. The van der Waals surface area contributed by atoms with Crippen molar-refractivity contribution in [1.29, 1.82) is 0 Å². The first-order chi connectivity index (χ1) is 16.7. The molecule has 1 fully saturated rings. The van der Waals surface area contributed by atoms with Gasteiger partial charge < -0.3 is 14.2 Å². The number of amides is 1. The van der Waals surface area contributed by atoms with Gasteiger partial charge in [0.05, 0.1) is 13.2 Å². The van der Waals surface area contributed by atoms with Crippen LogP contribution in [0, 0.1) is 0 Å². The molecule has 0 bridgehead atoms. The minimum absolute atomic E-state index is 0.300. The van der Waals surface area contributed by atoms with Gasteiger partial charge in [0, 0.05) is 67.5 Å². The first kappa shape index (κ1) is 24.7. The molecule has 1 saturated heterocycles. The topological polar surface area (TPSA) is 37.7 Å². The number of ether oxygens (including phenoxy) is 1. The number of carbonyl (C=O) groups excluding carboxylic acids is 1. The Bertz CT molecular complexity index is 1070. The van der Waals surface area contributed by atoms with Crippen LogP contribution in [0.1, 0.15) is 57.9 Å². The molecule has 34 heavy (non-hydrogen) atoms. The van der Waals surface area contributed by atoms with Crippen LogP contribution in [0.4, 0.5) is 0 Å². The van der Waals surface area contributed by atoms with Crippen molar-refractivity contribution < 1.29 is 9.53 Å². The van der Waals surface area contributed by atoms with Crippen molar-refractivity contribution in [1.82, 2.24) is 14.4 Å². The van der Waals surface area contributed by atoms with E-state index in [2.05, 4.69) is 70.7 Å². The third-order valence-electron chi connectivity index (χ3n) is 7.13. The fourth-order valence-electron chi connectivity index (χ4n) is 5.22. The summed E-state index contributed by atoms with van der Waals surface area (Å²) in [5, 5.41) is 2.59. The molecule has 0 unspecified atom stereocenters. The number of fused-ring (bicyclic) bond motifs is 3. The minimum atomic E-state index is 0.300. The molecule has 5 nitrogen and oxygen atoms in total. The zero-order valence-electron chi connectivity index (χ0n) is 21.1. The maximum absolute atomic E-state index is 13.2. The van der Waals surface area contributed by atoms with Crippen molar-refractivity contribution in [2.45, 2.75) is 65.5 Å². The van der Waals surface area contributed by atoms with Gasteiger partial charge in [0.2, 0.25) is 5.91 Å². The molecule has 0 atom stereocenters. The average molecular weight is 464 g/mol. The summed E-state index contributed by atoms with van der Waals surface area (Å²) in [4.78, 5) is 17.8. The van der Waals surface area contributed by atoms with Crippen molar-refractivity contribution in [2.24, 2.45) is 0 Å². The van der Waals surface area contributed by atoms with Gasteiger partial charge in [-0.2, -0.15) is 0 Å². The predicted octanol–water partition coefficient (Wildman–Crippen LogP) is 5.84. The van der Waals surface area contributed by atoms with Gasteiger partial charge in [0.1, 0.15) is 0 Å². The predicted molar refractivity (Wildman–Crippen MR) is 141 cm³/mol. The van der Waals surface area contributed by atoms with E-state index in [0.717, 1.165) is 65.2 Å². The van der Waals surface area contributed by atoms with E-state index >= 15 is 0 Å². The Morgan fingerprint density at radius 3 is 2.53 bits per heavy atom. The first-order valence-electron chi connectivity index (χ1n) is 13.3. The van der Waals surface area contributed by atoms with Crippen LogP contribution in [0.3, 0.4) is 0 Å². The Morgan fingerprint density at radius 1 is 0.941 bits per heavy atom. The lowest BCUT2D eigenvalue weighted by atomic mass is 10.1. The van der Waals surface area contributed by atoms with Crippen LogP contribution in [-0.4, -0.2) is 59.7 Å². The molecule has 3 aromatic rings. The van der Waals surface area contributed by atoms with Crippen LogP contribution in [0.2, 0.25) is 0 Å². The SMILES string of the molecule is CCCCCCC(=O)N(CCCN1CCOCC1)Cc1ccc2c(c1)c1ccccc1n2CC. The van der Waals surface area contributed by atoms with Gasteiger partial charge in [-0.1, -0.05) is 50.5 Å². The van der Waals surface area contributed by atoms with Crippen molar-refractivity contribution in [3.05, 3.63) is 48.0 Å². The van der Waals surface area contributed by atoms with Gasteiger partial charge >= 0.3 is 0 Å². The maximum Gasteiger partial charge on any atom is 0.222 e. The lowest BCUT2D eigenvalue weighted by Crippen LogP contribution is -2.39. The quantitative estimate of drug-likeness (QED) is 0.317. The van der Waals surface area contributed by atoms with Gasteiger partial charge in [0.25, 0.3) is 0 Å².